The second-order valence-electron chi connectivity index (χ2n) is 5.43. The number of nitrogens with one attached hydrogen (secondary N) is 1. The van der Waals surface area contributed by atoms with Crippen molar-refractivity contribution in [2.24, 2.45) is 11.7 Å². The van der Waals surface area contributed by atoms with Crippen molar-refractivity contribution < 1.29 is 9.53 Å². The quantitative estimate of drug-likeness (QED) is 0.714. The molecule has 16 heavy (non-hydrogen) atoms. The highest BCUT2D eigenvalue weighted by Crippen LogP contribution is 2.38. The Morgan fingerprint density at radius 3 is 2.44 bits per heavy atom. The van der Waals surface area contributed by atoms with E-state index in [4.69, 9.17) is 10.5 Å². The van der Waals surface area contributed by atoms with E-state index in [-0.39, 0.29) is 11.5 Å². The topological polar surface area (TPSA) is 64.3 Å². The highest BCUT2D eigenvalue weighted by Gasteiger charge is 2.44. The summed E-state index contributed by atoms with van der Waals surface area (Å²) in [5.74, 6) is 0.283. The zero-order chi connectivity index (χ0) is 12.4. The van der Waals surface area contributed by atoms with Crippen LogP contribution in [0.3, 0.4) is 0 Å². The Labute approximate surface area is 97.9 Å². The summed E-state index contributed by atoms with van der Waals surface area (Å²) in [6.07, 6.45) is 2.13. The van der Waals surface area contributed by atoms with Crippen LogP contribution >= 0.6 is 0 Å². The minimum atomic E-state index is -0.720. The molecule has 1 aliphatic carbocycles. The van der Waals surface area contributed by atoms with Crippen LogP contribution in [0.5, 0.6) is 0 Å². The van der Waals surface area contributed by atoms with Crippen LogP contribution in [0.2, 0.25) is 0 Å². The van der Waals surface area contributed by atoms with E-state index < -0.39 is 5.54 Å². The molecule has 1 saturated carbocycles. The molecule has 1 aliphatic rings. The van der Waals surface area contributed by atoms with Gasteiger partial charge in [0.1, 0.15) is 0 Å². The smallest absolute Gasteiger partial charge is 0.240 e. The third-order valence-electron chi connectivity index (χ3n) is 3.12. The van der Waals surface area contributed by atoms with Crippen molar-refractivity contribution in [3.8, 4) is 0 Å². The van der Waals surface area contributed by atoms with Crippen molar-refractivity contribution in [2.45, 2.75) is 51.7 Å². The van der Waals surface area contributed by atoms with E-state index in [2.05, 4.69) is 5.32 Å². The lowest BCUT2D eigenvalue weighted by molar-refractivity contribution is -0.128. The van der Waals surface area contributed by atoms with Gasteiger partial charge >= 0.3 is 0 Å². The molecule has 1 atom stereocenters. The second kappa shape index (κ2) is 4.72. The van der Waals surface area contributed by atoms with Crippen molar-refractivity contribution in [1.29, 1.82) is 0 Å². The summed E-state index contributed by atoms with van der Waals surface area (Å²) in [6, 6.07) is 0. The van der Waals surface area contributed by atoms with Gasteiger partial charge < -0.3 is 15.8 Å². The molecule has 4 nitrogen and oxygen atoms in total. The molecule has 0 aromatic heterocycles. The standard InChI is InChI=1S/C12H24N2O2/c1-5-16-11(2,3)8-14-10(15)12(4,13)9-6-7-9/h9H,5-8,13H2,1-4H3,(H,14,15). The fourth-order valence-corrected chi connectivity index (χ4v) is 1.79. The lowest BCUT2D eigenvalue weighted by Gasteiger charge is -2.28. The molecule has 3 N–H and O–H groups in total. The third-order valence-corrected chi connectivity index (χ3v) is 3.12. The average Bonchev–Trinajstić information content (AvgIpc) is 2.97. The van der Waals surface area contributed by atoms with Gasteiger partial charge in [-0.1, -0.05) is 0 Å². The zero-order valence-electron chi connectivity index (χ0n) is 10.8. The Morgan fingerprint density at radius 1 is 1.44 bits per heavy atom. The van der Waals surface area contributed by atoms with Crippen LogP contribution in [-0.2, 0) is 9.53 Å². The van der Waals surface area contributed by atoms with Crippen LogP contribution in [0.4, 0.5) is 0 Å². The number of carbonyl (C=O) groups is 1. The van der Waals surface area contributed by atoms with E-state index in [0.29, 0.717) is 19.1 Å². The van der Waals surface area contributed by atoms with Gasteiger partial charge in [-0.2, -0.15) is 0 Å². The highest BCUT2D eigenvalue weighted by atomic mass is 16.5. The van der Waals surface area contributed by atoms with Gasteiger partial charge in [-0.3, -0.25) is 4.79 Å². The minimum Gasteiger partial charge on any atom is -0.374 e. The molecule has 0 aromatic carbocycles. The zero-order valence-corrected chi connectivity index (χ0v) is 10.8. The van der Waals surface area contributed by atoms with Gasteiger partial charge in [-0.05, 0) is 46.5 Å². The lowest BCUT2D eigenvalue weighted by atomic mass is 9.96. The Kier molecular flexibility index (Phi) is 3.97. The fraction of sp³-hybridized carbons (Fsp3) is 0.917. The van der Waals surface area contributed by atoms with Gasteiger partial charge in [0.25, 0.3) is 0 Å². The Bertz CT molecular complexity index is 258. The number of hydrogen-bond donors (Lipinski definition) is 2. The monoisotopic (exact) mass is 228 g/mol. The first-order valence-corrected chi connectivity index (χ1v) is 6.00. The lowest BCUT2D eigenvalue weighted by Crippen LogP contribution is -2.55. The molecule has 0 aliphatic heterocycles. The molecule has 0 aromatic rings. The maximum atomic E-state index is 11.9. The summed E-state index contributed by atoms with van der Waals surface area (Å²) in [6.45, 7) is 8.82. The van der Waals surface area contributed by atoms with Crippen molar-refractivity contribution >= 4 is 5.91 Å². The number of rotatable bonds is 6. The Morgan fingerprint density at radius 2 is 2.00 bits per heavy atom. The molecule has 1 amide bonds. The van der Waals surface area contributed by atoms with Crippen LogP contribution in [0.1, 0.15) is 40.5 Å². The molecule has 0 radical (unpaired) electrons. The van der Waals surface area contributed by atoms with E-state index in [1.807, 2.05) is 27.7 Å². The van der Waals surface area contributed by atoms with Gasteiger partial charge in [-0.15, -0.1) is 0 Å². The van der Waals surface area contributed by atoms with Crippen LogP contribution in [0, 0.1) is 5.92 Å². The summed E-state index contributed by atoms with van der Waals surface area (Å²) in [5.41, 5.74) is 4.97. The summed E-state index contributed by atoms with van der Waals surface area (Å²) < 4.78 is 5.51. The van der Waals surface area contributed by atoms with Crippen LogP contribution in [0.25, 0.3) is 0 Å². The molecule has 0 bridgehead atoms. The van der Waals surface area contributed by atoms with E-state index >= 15 is 0 Å². The van der Waals surface area contributed by atoms with E-state index in [0.717, 1.165) is 12.8 Å². The SMILES string of the molecule is CCOC(C)(C)CNC(=O)C(C)(N)C1CC1. The van der Waals surface area contributed by atoms with Crippen molar-refractivity contribution in [3.63, 3.8) is 0 Å². The molecular formula is C12H24N2O2. The highest BCUT2D eigenvalue weighted by molar-refractivity contribution is 5.86. The Hall–Kier alpha value is -0.610. The van der Waals surface area contributed by atoms with Crippen LogP contribution in [0.15, 0.2) is 0 Å². The summed E-state index contributed by atoms with van der Waals surface area (Å²) >= 11 is 0. The Balaban J connectivity index is 2.40. The average molecular weight is 228 g/mol. The number of carbonyl (C=O) groups excluding carboxylic acids is 1. The van der Waals surface area contributed by atoms with Gasteiger partial charge in [-0.25, -0.2) is 0 Å². The summed E-state index contributed by atoms with van der Waals surface area (Å²) in [7, 11) is 0. The molecule has 4 heteroatoms. The molecule has 0 spiro atoms. The van der Waals surface area contributed by atoms with Crippen LogP contribution < -0.4 is 11.1 Å². The first-order chi connectivity index (χ1) is 7.29. The molecule has 1 fully saturated rings. The van der Waals surface area contributed by atoms with Gasteiger partial charge in [0.05, 0.1) is 11.1 Å². The van der Waals surface area contributed by atoms with Gasteiger partial charge in [0.2, 0.25) is 5.91 Å². The van der Waals surface area contributed by atoms with Crippen molar-refractivity contribution in [2.75, 3.05) is 13.2 Å². The van der Waals surface area contributed by atoms with Crippen LogP contribution in [-0.4, -0.2) is 30.2 Å². The number of nitrogens with two attached hydrogens (primary N) is 1. The maximum absolute atomic E-state index is 11.9. The number of amides is 1. The van der Waals surface area contributed by atoms with Crippen molar-refractivity contribution in [3.05, 3.63) is 0 Å². The van der Waals surface area contributed by atoms with Gasteiger partial charge in [0, 0.05) is 13.2 Å². The molecule has 1 rings (SSSR count). The summed E-state index contributed by atoms with van der Waals surface area (Å²) in [5, 5.41) is 2.88. The first-order valence-electron chi connectivity index (χ1n) is 6.00. The van der Waals surface area contributed by atoms with E-state index in [9.17, 15) is 4.79 Å². The molecule has 1 unspecified atom stereocenters. The number of hydrogen-bond acceptors (Lipinski definition) is 3. The van der Waals surface area contributed by atoms with Crippen molar-refractivity contribution in [1.82, 2.24) is 5.32 Å². The normalized spacial score (nSPS) is 20.3. The molecule has 0 saturated heterocycles. The predicted octanol–water partition coefficient (Wildman–Crippen LogP) is 1.05. The van der Waals surface area contributed by atoms with E-state index in [1.165, 1.54) is 0 Å². The number of ether oxygens (including phenoxy) is 1. The predicted molar refractivity (Wildman–Crippen MR) is 64.0 cm³/mol. The summed E-state index contributed by atoms with van der Waals surface area (Å²) in [4.78, 5) is 11.9. The van der Waals surface area contributed by atoms with Gasteiger partial charge in [0.15, 0.2) is 0 Å². The minimum absolute atomic E-state index is 0.0669. The second-order valence-corrected chi connectivity index (χ2v) is 5.43. The first kappa shape index (κ1) is 13.5. The van der Waals surface area contributed by atoms with E-state index in [1.54, 1.807) is 0 Å². The molecule has 0 heterocycles. The maximum Gasteiger partial charge on any atom is 0.240 e. The molecular weight excluding hydrogens is 204 g/mol. The molecule has 94 valence electrons. The largest absolute Gasteiger partial charge is 0.374 e. The fourth-order valence-electron chi connectivity index (χ4n) is 1.79. The third kappa shape index (κ3) is 3.46.